The van der Waals surface area contributed by atoms with Crippen LogP contribution in [0.5, 0.6) is 5.75 Å². The second-order valence-corrected chi connectivity index (χ2v) is 8.31. The van der Waals surface area contributed by atoms with E-state index in [2.05, 4.69) is 0 Å². The maximum atomic E-state index is 13.2. The number of hydrogen-bond donors (Lipinski definition) is 1. The summed E-state index contributed by atoms with van der Waals surface area (Å²) < 4.78 is 45.1. The summed E-state index contributed by atoms with van der Waals surface area (Å²) >= 11 is 5.98. The van der Waals surface area contributed by atoms with E-state index in [-0.39, 0.29) is 17.3 Å². The van der Waals surface area contributed by atoms with Crippen LogP contribution in [-0.4, -0.2) is 22.8 Å². The van der Waals surface area contributed by atoms with Crippen LogP contribution in [0.2, 0.25) is 5.02 Å². The van der Waals surface area contributed by atoms with Gasteiger partial charge in [0.2, 0.25) is 0 Å². The molecule has 1 saturated heterocycles. The van der Waals surface area contributed by atoms with Gasteiger partial charge in [0, 0.05) is 12.1 Å². The molecule has 1 N–H and O–H groups in total. The summed E-state index contributed by atoms with van der Waals surface area (Å²) in [4.78, 5) is 48.5. The number of hydrogen-bond acceptors (Lipinski definition) is 6. The van der Waals surface area contributed by atoms with Gasteiger partial charge in [-0.2, -0.15) is 13.2 Å². The highest BCUT2D eigenvalue weighted by molar-refractivity contribution is 6.42. The zero-order valence-electron chi connectivity index (χ0n) is 19.0. The molecule has 1 heterocycles. The number of anilines is 1. The predicted octanol–water partition coefficient (Wildman–Crippen LogP) is 5.51. The predicted molar refractivity (Wildman–Crippen MR) is 129 cm³/mol. The largest absolute Gasteiger partial charge is 0.489 e. The molecule has 13 heteroatoms. The number of alkyl halides is 3. The molecule has 1 fully saturated rings. The fourth-order valence-corrected chi connectivity index (χ4v) is 3.69. The molecule has 194 valence electrons. The summed E-state index contributed by atoms with van der Waals surface area (Å²) in [5, 5.41) is 12.5. The minimum Gasteiger partial charge on any atom is -0.489 e. The molecule has 0 aromatic heterocycles. The lowest BCUT2D eigenvalue weighted by molar-refractivity contribution is -0.384. The molecule has 4 rings (SSSR count). The van der Waals surface area contributed by atoms with Crippen molar-refractivity contribution in [2.45, 2.75) is 12.8 Å². The number of halogens is 4. The molecule has 0 aliphatic carbocycles. The molecule has 4 amide bonds. The van der Waals surface area contributed by atoms with E-state index >= 15 is 0 Å². The molecule has 0 atom stereocenters. The van der Waals surface area contributed by atoms with E-state index in [4.69, 9.17) is 16.3 Å². The second-order valence-electron chi connectivity index (χ2n) is 7.91. The first kappa shape index (κ1) is 26.4. The molecular weight excluding hydrogens is 531 g/mol. The van der Waals surface area contributed by atoms with Crippen molar-refractivity contribution in [2.24, 2.45) is 0 Å². The van der Waals surface area contributed by atoms with Gasteiger partial charge in [0.1, 0.15) is 17.9 Å². The van der Waals surface area contributed by atoms with E-state index in [9.17, 15) is 37.7 Å². The third-order valence-electron chi connectivity index (χ3n) is 5.33. The van der Waals surface area contributed by atoms with Crippen LogP contribution in [0.15, 0.2) is 72.3 Å². The van der Waals surface area contributed by atoms with Gasteiger partial charge in [0.05, 0.1) is 21.2 Å². The third kappa shape index (κ3) is 5.65. The number of benzene rings is 3. The van der Waals surface area contributed by atoms with Crippen LogP contribution >= 0.6 is 11.6 Å². The summed E-state index contributed by atoms with van der Waals surface area (Å²) in [6.07, 6.45) is -3.61. The maximum absolute atomic E-state index is 13.2. The fourth-order valence-electron chi connectivity index (χ4n) is 3.49. The summed E-state index contributed by atoms with van der Waals surface area (Å²) in [6, 6.07) is 12.8. The molecule has 1 aliphatic rings. The maximum Gasteiger partial charge on any atom is 0.416 e. The monoisotopic (exact) mass is 545 g/mol. The van der Waals surface area contributed by atoms with Crippen molar-refractivity contribution >= 4 is 46.9 Å². The lowest BCUT2D eigenvalue weighted by atomic mass is 10.1. The van der Waals surface area contributed by atoms with E-state index in [1.165, 1.54) is 42.5 Å². The Kier molecular flexibility index (Phi) is 7.17. The Morgan fingerprint density at radius 3 is 2.39 bits per heavy atom. The average Bonchev–Trinajstić information content (AvgIpc) is 2.86. The molecule has 3 aromatic carbocycles. The van der Waals surface area contributed by atoms with Crippen molar-refractivity contribution < 1.29 is 37.2 Å². The number of nitrogens with zero attached hydrogens (tertiary/aromatic N) is 2. The van der Waals surface area contributed by atoms with Crippen LogP contribution in [-0.2, 0) is 22.4 Å². The lowest BCUT2D eigenvalue weighted by Gasteiger charge is -2.27. The van der Waals surface area contributed by atoms with Gasteiger partial charge in [0.25, 0.3) is 17.5 Å². The Balaban J connectivity index is 1.55. The van der Waals surface area contributed by atoms with Crippen molar-refractivity contribution in [1.29, 1.82) is 0 Å². The first-order valence-electron chi connectivity index (χ1n) is 10.7. The molecular formula is C25H15ClF3N3O6. The number of nitro benzene ring substituents is 1. The molecule has 0 radical (unpaired) electrons. The van der Waals surface area contributed by atoms with E-state index in [1.54, 1.807) is 6.07 Å². The Bertz CT molecular complexity index is 1490. The van der Waals surface area contributed by atoms with Crippen LogP contribution < -0.4 is 15.0 Å². The van der Waals surface area contributed by atoms with E-state index in [0.29, 0.717) is 33.9 Å². The third-order valence-corrected chi connectivity index (χ3v) is 5.65. The Morgan fingerprint density at radius 2 is 1.74 bits per heavy atom. The van der Waals surface area contributed by atoms with Gasteiger partial charge in [0.15, 0.2) is 0 Å². The molecule has 0 spiro atoms. The van der Waals surface area contributed by atoms with Gasteiger partial charge in [-0.3, -0.25) is 25.0 Å². The molecule has 0 saturated carbocycles. The van der Waals surface area contributed by atoms with Crippen molar-refractivity contribution in [3.63, 3.8) is 0 Å². The van der Waals surface area contributed by atoms with Crippen molar-refractivity contribution in [3.8, 4) is 5.75 Å². The quantitative estimate of drug-likeness (QED) is 0.189. The molecule has 0 bridgehead atoms. The van der Waals surface area contributed by atoms with Crippen LogP contribution in [0, 0.1) is 10.1 Å². The normalized spacial score (nSPS) is 15.0. The summed E-state index contributed by atoms with van der Waals surface area (Å²) in [5.41, 5.74) is -1.36. The topological polar surface area (TPSA) is 119 Å². The molecule has 0 unspecified atom stereocenters. The SMILES string of the molecule is O=C1NC(=O)N(c2cc(C(F)(F)F)ccc2Cl)C(=O)/C1=C\c1ccc(OCc2cccc([N+](=O)[O-])c2)cc1. The highest BCUT2D eigenvalue weighted by Crippen LogP contribution is 2.36. The molecule has 3 aromatic rings. The lowest BCUT2D eigenvalue weighted by Crippen LogP contribution is -2.54. The van der Waals surface area contributed by atoms with E-state index in [1.807, 2.05) is 5.32 Å². The van der Waals surface area contributed by atoms with Crippen molar-refractivity contribution in [2.75, 3.05) is 4.90 Å². The molecule has 9 nitrogen and oxygen atoms in total. The summed E-state index contributed by atoms with van der Waals surface area (Å²) in [6.45, 7) is 0.0395. The van der Waals surface area contributed by atoms with Gasteiger partial charge in [-0.1, -0.05) is 35.9 Å². The first-order chi connectivity index (χ1) is 17.9. The number of imide groups is 2. The van der Waals surface area contributed by atoms with E-state index < -0.39 is 45.8 Å². The Labute approximate surface area is 217 Å². The zero-order chi connectivity index (χ0) is 27.6. The van der Waals surface area contributed by atoms with Crippen LogP contribution in [0.25, 0.3) is 6.08 Å². The number of nitro groups is 1. The van der Waals surface area contributed by atoms with Crippen molar-refractivity contribution in [3.05, 3.63) is 104 Å². The number of urea groups is 1. The molecule has 38 heavy (non-hydrogen) atoms. The number of non-ortho nitro benzene ring substituents is 1. The van der Waals surface area contributed by atoms with Gasteiger partial charge < -0.3 is 4.74 Å². The minimum absolute atomic E-state index is 0.0395. The van der Waals surface area contributed by atoms with E-state index in [0.717, 1.165) is 12.1 Å². The number of amides is 4. The zero-order valence-corrected chi connectivity index (χ0v) is 19.7. The van der Waals surface area contributed by atoms with Gasteiger partial charge in [-0.25, -0.2) is 9.69 Å². The Hall–Kier alpha value is -4.71. The number of ether oxygens (including phenoxy) is 1. The van der Waals surface area contributed by atoms with Gasteiger partial charge in [-0.05, 0) is 47.5 Å². The van der Waals surface area contributed by atoms with Crippen LogP contribution in [0.1, 0.15) is 16.7 Å². The standard InChI is InChI=1S/C25H15ClF3N3O6/c26-20-9-6-16(25(27,28)29)12-21(20)31-23(34)19(22(33)30-24(31)35)11-14-4-7-18(8-5-14)38-13-15-2-1-3-17(10-15)32(36)37/h1-12H,13H2,(H,30,33,35)/b19-11-. The van der Waals surface area contributed by atoms with Gasteiger partial charge >= 0.3 is 12.2 Å². The van der Waals surface area contributed by atoms with Crippen LogP contribution in [0.3, 0.4) is 0 Å². The number of rotatable bonds is 6. The number of barbiturate groups is 1. The average molecular weight is 546 g/mol. The van der Waals surface area contributed by atoms with Gasteiger partial charge in [-0.15, -0.1) is 0 Å². The molecule has 1 aliphatic heterocycles. The highest BCUT2D eigenvalue weighted by Gasteiger charge is 2.39. The van der Waals surface area contributed by atoms with Crippen LogP contribution in [0.4, 0.5) is 29.3 Å². The van der Waals surface area contributed by atoms with Crippen molar-refractivity contribution in [1.82, 2.24) is 5.32 Å². The second kappa shape index (κ2) is 10.3. The Morgan fingerprint density at radius 1 is 1.03 bits per heavy atom. The number of carbonyl (C=O) groups is 3. The minimum atomic E-state index is -4.76. The smallest absolute Gasteiger partial charge is 0.416 e. The summed E-state index contributed by atoms with van der Waals surface area (Å²) in [5.74, 6) is -1.82. The highest BCUT2D eigenvalue weighted by atomic mass is 35.5. The number of carbonyl (C=O) groups excluding carboxylic acids is 3. The first-order valence-corrected chi connectivity index (χ1v) is 11.1. The summed E-state index contributed by atoms with van der Waals surface area (Å²) in [7, 11) is 0. The fraction of sp³-hybridized carbons (Fsp3) is 0.0800. The number of nitrogens with one attached hydrogen (secondary N) is 1.